The molecule has 0 fully saturated rings. The number of carboxylic acid groups (broad SMARTS) is 1. The summed E-state index contributed by atoms with van der Waals surface area (Å²) < 4.78 is 11.9. The van der Waals surface area contributed by atoms with Crippen molar-refractivity contribution in [2.75, 3.05) is 14.2 Å². The molecule has 3 aromatic rings. The average Bonchev–Trinajstić information content (AvgIpc) is 3.28. The third-order valence-electron chi connectivity index (χ3n) is 4.16. The van der Waals surface area contributed by atoms with Gasteiger partial charge in [-0.25, -0.2) is 0 Å². The van der Waals surface area contributed by atoms with E-state index < -0.39 is 12.0 Å². The van der Waals surface area contributed by atoms with Gasteiger partial charge in [0.2, 0.25) is 0 Å². The van der Waals surface area contributed by atoms with Crippen LogP contribution in [0.3, 0.4) is 0 Å². The maximum Gasteiger partial charge on any atom is 0.325 e. The van der Waals surface area contributed by atoms with Crippen LogP contribution in [0.25, 0.3) is 0 Å². The van der Waals surface area contributed by atoms with Gasteiger partial charge in [-0.05, 0) is 30.8 Å². The monoisotopic (exact) mass is 355 g/mol. The Kier molecular flexibility index (Phi) is 5.38. The molecule has 1 atom stereocenters. The van der Waals surface area contributed by atoms with Gasteiger partial charge < -0.3 is 14.3 Å². The van der Waals surface area contributed by atoms with Crippen molar-refractivity contribution in [1.29, 1.82) is 0 Å². The number of likely N-dealkylation sites (N-methyl/N-ethyl adjacent to an activating group) is 1. The van der Waals surface area contributed by atoms with Gasteiger partial charge in [-0.3, -0.25) is 14.4 Å². The quantitative estimate of drug-likeness (QED) is 0.669. The van der Waals surface area contributed by atoms with E-state index in [-0.39, 0.29) is 0 Å². The molecule has 0 amide bonds. The number of methoxy groups -OCH3 is 1. The first-order valence-electron chi connectivity index (χ1n) is 8.16. The van der Waals surface area contributed by atoms with E-state index in [1.165, 1.54) is 0 Å². The summed E-state index contributed by atoms with van der Waals surface area (Å²) in [5.74, 6) is -0.123. The van der Waals surface area contributed by atoms with E-state index in [0.717, 1.165) is 16.9 Å². The van der Waals surface area contributed by atoms with Gasteiger partial charge in [-0.1, -0.05) is 12.1 Å². The summed E-state index contributed by atoms with van der Waals surface area (Å²) in [6, 6.07) is 8.73. The van der Waals surface area contributed by atoms with Gasteiger partial charge in [0.25, 0.3) is 0 Å². The number of hydrogen-bond donors (Lipinski definition) is 1. The highest BCUT2D eigenvalue weighted by atomic mass is 16.5. The van der Waals surface area contributed by atoms with Gasteiger partial charge in [0, 0.05) is 23.9 Å². The fourth-order valence-electron chi connectivity index (χ4n) is 2.87. The van der Waals surface area contributed by atoms with Gasteiger partial charge in [0.15, 0.2) is 0 Å². The minimum Gasteiger partial charge on any atom is -0.497 e. The fraction of sp³-hybridized carbons (Fsp3) is 0.263. The molecule has 2 aromatic heterocycles. The minimum atomic E-state index is -0.917. The van der Waals surface area contributed by atoms with E-state index in [1.807, 2.05) is 30.3 Å². The highest BCUT2D eigenvalue weighted by molar-refractivity contribution is 5.75. The predicted molar refractivity (Wildman–Crippen MR) is 94.9 cm³/mol. The maximum atomic E-state index is 11.8. The van der Waals surface area contributed by atoms with E-state index in [4.69, 9.17) is 9.15 Å². The molecule has 2 heterocycles. The van der Waals surface area contributed by atoms with Crippen LogP contribution in [0.15, 0.2) is 59.7 Å². The second kappa shape index (κ2) is 7.88. The maximum absolute atomic E-state index is 11.8. The Morgan fingerprint density at radius 1 is 1.31 bits per heavy atom. The molecule has 0 bridgehead atoms. The highest BCUT2D eigenvalue weighted by Gasteiger charge is 2.26. The minimum absolute atomic E-state index is 0.469. The standard InChI is InChI=1S/C19H21N3O4/c1-21(10-15-7-8-26-13-15)18(19(23)24)16-9-20-22(12-16)11-14-3-5-17(25-2)6-4-14/h3-9,12-13,18H,10-11H2,1-2H3,(H,23,24)/t18-/m0/s1. The Morgan fingerprint density at radius 2 is 2.08 bits per heavy atom. The first-order chi connectivity index (χ1) is 12.6. The smallest absolute Gasteiger partial charge is 0.325 e. The number of ether oxygens (including phenoxy) is 1. The largest absolute Gasteiger partial charge is 0.497 e. The van der Waals surface area contributed by atoms with E-state index >= 15 is 0 Å². The molecule has 0 unspecified atom stereocenters. The lowest BCUT2D eigenvalue weighted by molar-refractivity contribution is -0.143. The number of aromatic nitrogens is 2. The van der Waals surface area contributed by atoms with Crippen LogP contribution in [-0.2, 0) is 17.9 Å². The van der Waals surface area contributed by atoms with Crippen molar-refractivity contribution < 1.29 is 19.1 Å². The van der Waals surface area contributed by atoms with Crippen molar-refractivity contribution in [1.82, 2.24) is 14.7 Å². The Hall–Kier alpha value is -3.06. The normalized spacial score (nSPS) is 12.3. The van der Waals surface area contributed by atoms with E-state index in [2.05, 4.69) is 5.10 Å². The summed E-state index contributed by atoms with van der Waals surface area (Å²) in [7, 11) is 3.40. The Morgan fingerprint density at radius 3 is 2.69 bits per heavy atom. The van der Waals surface area contributed by atoms with Crippen molar-refractivity contribution in [3.05, 3.63) is 71.9 Å². The van der Waals surface area contributed by atoms with Crippen molar-refractivity contribution in [3.63, 3.8) is 0 Å². The van der Waals surface area contributed by atoms with Crippen molar-refractivity contribution in [2.45, 2.75) is 19.1 Å². The topological polar surface area (TPSA) is 80.7 Å². The molecule has 7 nitrogen and oxygen atoms in total. The van der Waals surface area contributed by atoms with E-state index in [1.54, 1.807) is 48.7 Å². The predicted octanol–water partition coefficient (Wildman–Crippen LogP) is 2.79. The molecule has 0 aliphatic carbocycles. The van der Waals surface area contributed by atoms with Crippen LogP contribution in [0.4, 0.5) is 0 Å². The second-order valence-electron chi connectivity index (χ2n) is 6.11. The van der Waals surface area contributed by atoms with E-state index in [9.17, 15) is 9.90 Å². The number of aliphatic carboxylic acids is 1. The third kappa shape index (κ3) is 4.12. The average molecular weight is 355 g/mol. The van der Waals surface area contributed by atoms with Gasteiger partial charge in [0.05, 0.1) is 32.4 Å². The van der Waals surface area contributed by atoms with Gasteiger partial charge in [-0.2, -0.15) is 5.10 Å². The number of carbonyl (C=O) groups is 1. The molecule has 0 saturated heterocycles. The van der Waals surface area contributed by atoms with E-state index in [0.29, 0.717) is 18.7 Å². The van der Waals surface area contributed by atoms with Gasteiger partial charge in [0.1, 0.15) is 11.8 Å². The summed E-state index contributed by atoms with van der Waals surface area (Å²) in [5.41, 5.74) is 2.61. The molecular weight excluding hydrogens is 334 g/mol. The Labute approximate surface area is 151 Å². The lowest BCUT2D eigenvalue weighted by atomic mass is 10.1. The van der Waals surface area contributed by atoms with Crippen LogP contribution in [0, 0.1) is 0 Å². The summed E-state index contributed by atoms with van der Waals surface area (Å²) in [4.78, 5) is 13.5. The number of furan rings is 1. The van der Waals surface area contributed by atoms with Crippen LogP contribution in [-0.4, -0.2) is 39.9 Å². The summed E-state index contributed by atoms with van der Waals surface area (Å²) in [6.07, 6.45) is 6.57. The molecule has 0 spiro atoms. The van der Waals surface area contributed by atoms with Crippen LogP contribution in [0.5, 0.6) is 5.75 Å². The number of hydrogen-bond acceptors (Lipinski definition) is 5. The Bertz CT molecular complexity index is 840. The first kappa shape index (κ1) is 17.8. The highest BCUT2D eigenvalue weighted by Crippen LogP contribution is 2.22. The van der Waals surface area contributed by atoms with Crippen LogP contribution >= 0.6 is 0 Å². The molecule has 136 valence electrons. The van der Waals surface area contributed by atoms with Crippen LogP contribution < -0.4 is 4.74 Å². The number of benzene rings is 1. The summed E-state index contributed by atoms with van der Waals surface area (Å²) >= 11 is 0. The number of nitrogens with zero attached hydrogens (tertiary/aromatic N) is 3. The van der Waals surface area contributed by atoms with Crippen LogP contribution in [0.2, 0.25) is 0 Å². The molecular formula is C19H21N3O4. The SMILES string of the molecule is COc1ccc(Cn2cc([C@@H](C(=O)O)N(C)Cc3ccoc3)cn2)cc1. The molecule has 26 heavy (non-hydrogen) atoms. The van der Waals surface area contributed by atoms with Crippen molar-refractivity contribution >= 4 is 5.97 Å². The third-order valence-corrected chi connectivity index (χ3v) is 4.16. The molecule has 1 N–H and O–H groups in total. The molecule has 1 aromatic carbocycles. The summed E-state index contributed by atoms with van der Waals surface area (Å²) in [6.45, 7) is 1.03. The molecule has 7 heteroatoms. The molecule has 0 aliphatic heterocycles. The van der Waals surface area contributed by atoms with Crippen molar-refractivity contribution in [2.24, 2.45) is 0 Å². The zero-order valence-electron chi connectivity index (χ0n) is 14.7. The Balaban J connectivity index is 1.73. The molecule has 0 saturated carbocycles. The zero-order valence-corrected chi connectivity index (χ0v) is 14.7. The van der Waals surface area contributed by atoms with Gasteiger partial charge in [-0.15, -0.1) is 0 Å². The lowest BCUT2D eigenvalue weighted by Gasteiger charge is -2.23. The zero-order chi connectivity index (χ0) is 18.5. The molecule has 3 rings (SSSR count). The number of carboxylic acids is 1. The summed E-state index contributed by atoms with van der Waals surface area (Å²) in [5, 5.41) is 14.0. The fourth-order valence-corrected chi connectivity index (χ4v) is 2.87. The molecule has 0 radical (unpaired) electrons. The van der Waals surface area contributed by atoms with Crippen molar-refractivity contribution in [3.8, 4) is 5.75 Å². The lowest BCUT2D eigenvalue weighted by Crippen LogP contribution is -2.30. The number of rotatable bonds is 8. The van der Waals surface area contributed by atoms with Crippen LogP contribution in [0.1, 0.15) is 22.7 Å². The van der Waals surface area contributed by atoms with Gasteiger partial charge >= 0.3 is 5.97 Å². The molecule has 0 aliphatic rings. The first-order valence-corrected chi connectivity index (χ1v) is 8.16. The second-order valence-corrected chi connectivity index (χ2v) is 6.11.